The molecule has 13 heavy (non-hydrogen) atoms. The highest BCUT2D eigenvalue weighted by molar-refractivity contribution is 6.83. The lowest BCUT2D eigenvalue weighted by molar-refractivity contribution is 1.08. The fourth-order valence-corrected chi connectivity index (χ4v) is 1.17. The number of nitrogens with one attached hydrogen (secondary N) is 1. The van der Waals surface area contributed by atoms with Gasteiger partial charge in [0, 0.05) is 12.3 Å². The van der Waals surface area contributed by atoms with Gasteiger partial charge in [0.1, 0.15) is 8.07 Å². The summed E-state index contributed by atoms with van der Waals surface area (Å²) in [6, 6.07) is 1.37. The van der Waals surface area contributed by atoms with Crippen LogP contribution < -0.4 is 5.56 Å². The van der Waals surface area contributed by atoms with Gasteiger partial charge >= 0.3 is 0 Å². The van der Waals surface area contributed by atoms with Crippen LogP contribution in [0.4, 0.5) is 0 Å². The Labute approximate surface area is 78.2 Å². The summed E-state index contributed by atoms with van der Waals surface area (Å²) in [4.78, 5) is 17.4. The van der Waals surface area contributed by atoms with Crippen molar-refractivity contribution in [3.8, 4) is 11.5 Å². The van der Waals surface area contributed by atoms with Gasteiger partial charge in [-0.25, -0.2) is 4.98 Å². The molecule has 0 aliphatic rings. The van der Waals surface area contributed by atoms with E-state index in [9.17, 15) is 4.79 Å². The Balaban J connectivity index is 2.97. The maximum absolute atomic E-state index is 10.9. The van der Waals surface area contributed by atoms with E-state index >= 15 is 0 Å². The zero-order chi connectivity index (χ0) is 9.90. The molecular weight excluding hydrogens is 180 g/mol. The summed E-state index contributed by atoms with van der Waals surface area (Å²) in [5.41, 5.74) is 2.96. The molecule has 3 nitrogen and oxygen atoms in total. The van der Waals surface area contributed by atoms with E-state index in [0.29, 0.717) is 5.82 Å². The van der Waals surface area contributed by atoms with Crippen LogP contribution in [0.2, 0.25) is 19.6 Å². The molecule has 0 unspecified atom stereocenters. The molecule has 1 aromatic heterocycles. The minimum atomic E-state index is -1.38. The maximum atomic E-state index is 10.9. The Kier molecular flexibility index (Phi) is 2.68. The molecule has 0 aliphatic carbocycles. The quantitative estimate of drug-likeness (QED) is 0.492. The molecule has 0 radical (unpaired) electrons. The average molecular weight is 192 g/mol. The van der Waals surface area contributed by atoms with Crippen LogP contribution in [-0.2, 0) is 0 Å². The summed E-state index contributed by atoms with van der Waals surface area (Å²) in [7, 11) is -1.38. The van der Waals surface area contributed by atoms with Crippen LogP contribution in [0, 0.1) is 11.5 Å². The highest BCUT2D eigenvalue weighted by Gasteiger charge is 2.07. The first-order chi connectivity index (χ1) is 5.97. The first kappa shape index (κ1) is 9.74. The second-order valence-corrected chi connectivity index (χ2v) is 8.53. The summed E-state index contributed by atoms with van der Waals surface area (Å²) < 4.78 is 0. The van der Waals surface area contributed by atoms with Crippen LogP contribution in [0.5, 0.6) is 0 Å². The highest BCUT2D eigenvalue weighted by Crippen LogP contribution is 1.96. The minimum absolute atomic E-state index is 0.158. The van der Waals surface area contributed by atoms with Gasteiger partial charge in [-0.3, -0.25) is 9.78 Å². The van der Waals surface area contributed by atoms with Gasteiger partial charge in [0.15, 0.2) is 5.82 Å². The number of aromatic nitrogens is 2. The molecule has 4 heteroatoms. The van der Waals surface area contributed by atoms with Crippen molar-refractivity contribution >= 4 is 8.07 Å². The summed E-state index contributed by atoms with van der Waals surface area (Å²) in [6.07, 6.45) is 1.47. The largest absolute Gasteiger partial charge is 0.300 e. The van der Waals surface area contributed by atoms with Crippen molar-refractivity contribution in [2.45, 2.75) is 19.6 Å². The van der Waals surface area contributed by atoms with Crippen molar-refractivity contribution < 1.29 is 0 Å². The smallest absolute Gasteiger partial charge is 0.251 e. The second-order valence-electron chi connectivity index (χ2n) is 3.78. The van der Waals surface area contributed by atoms with Gasteiger partial charge in [0.25, 0.3) is 5.56 Å². The summed E-state index contributed by atoms with van der Waals surface area (Å²) in [5.74, 6) is 3.32. The Hall–Kier alpha value is -1.34. The third kappa shape index (κ3) is 3.72. The molecule has 0 bridgehead atoms. The summed E-state index contributed by atoms with van der Waals surface area (Å²) in [6.45, 7) is 6.42. The van der Waals surface area contributed by atoms with Gasteiger partial charge in [-0.05, 0) is 5.92 Å². The molecule has 0 aliphatic heterocycles. The van der Waals surface area contributed by atoms with Crippen molar-refractivity contribution in [2.24, 2.45) is 0 Å². The molecular formula is C9H12N2OSi. The van der Waals surface area contributed by atoms with Gasteiger partial charge in [-0.15, -0.1) is 5.54 Å². The SMILES string of the molecule is C[Si](C)(C)C#Cc1nccc(=O)[nH]1. The fraction of sp³-hybridized carbons (Fsp3) is 0.333. The van der Waals surface area contributed by atoms with Gasteiger partial charge < -0.3 is 0 Å². The predicted molar refractivity (Wildman–Crippen MR) is 55.1 cm³/mol. The molecule has 0 spiro atoms. The van der Waals surface area contributed by atoms with E-state index in [4.69, 9.17) is 0 Å². The molecule has 0 aromatic carbocycles. The van der Waals surface area contributed by atoms with Crippen LogP contribution in [-0.4, -0.2) is 18.0 Å². The average Bonchev–Trinajstić information content (AvgIpc) is 2.00. The Bertz CT molecular complexity index is 406. The van der Waals surface area contributed by atoms with Crippen LogP contribution in [0.25, 0.3) is 0 Å². The molecule has 68 valence electrons. The van der Waals surface area contributed by atoms with E-state index < -0.39 is 8.07 Å². The van der Waals surface area contributed by atoms with E-state index in [1.165, 1.54) is 12.3 Å². The van der Waals surface area contributed by atoms with Crippen molar-refractivity contribution in [2.75, 3.05) is 0 Å². The summed E-state index contributed by atoms with van der Waals surface area (Å²) in [5, 5.41) is 0. The lowest BCUT2D eigenvalue weighted by Crippen LogP contribution is -2.17. The standard InChI is InChI=1S/C9H12N2OSi/c1-13(2,3)7-5-8-10-6-4-9(12)11-8/h4,6H,1-3H3,(H,10,11,12). The van der Waals surface area contributed by atoms with Crippen molar-refractivity contribution in [3.05, 3.63) is 28.4 Å². The second kappa shape index (κ2) is 3.58. The molecule has 0 amide bonds. The van der Waals surface area contributed by atoms with E-state index in [0.717, 1.165) is 0 Å². The van der Waals surface area contributed by atoms with Crippen LogP contribution >= 0.6 is 0 Å². The number of aromatic amines is 1. The number of hydrogen-bond acceptors (Lipinski definition) is 2. The number of rotatable bonds is 0. The van der Waals surface area contributed by atoms with E-state index in [2.05, 4.69) is 41.1 Å². The van der Waals surface area contributed by atoms with E-state index in [1.54, 1.807) is 0 Å². The Morgan fingerprint density at radius 3 is 2.69 bits per heavy atom. The van der Waals surface area contributed by atoms with Crippen molar-refractivity contribution in [3.63, 3.8) is 0 Å². The predicted octanol–water partition coefficient (Wildman–Crippen LogP) is 0.999. The first-order valence-corrected chi connectivity index (χ1v) is 7.56. The molecule has 1 rings (SSSR count). The first-order valence-electron chi connectivity index (χ1n) is 4.06. The van der Waals surface area contributed by atoms with Crippen molar-refractivity contribution in [1.29, 1.82) is 0 Å². The number of nitrogens with zero attached hydrogens (tertiary/aromatic N) is 1. The van der Waals surface area contributed by atoms with Gasteiger partial charge in [0.05, 0.1) is 0 Å². The molecule has 0 saturated carbocycles. The monoisotopic (exact) mass is 192 g/mol. The Morgan fingerprint density at radius 1 is 1.46 bits per heavy atom. The van der Waals surface area contributed by atoms with Gasteiger partial charge in [-0.2, -0.15) is 0 Å². The van der Waals surface area contributed by atoms with Gasteiger partial charge in [-0.1, -0.05) is 19.6 Å². The zero-order valence-electron chi connectivity index (χ0n) is 8.01. The van der Waals surface area contributed by atoms with Crippen LogP contribution in [0.1, 0.15) is 5.82 Å². The topological polar surface area (TPSA) is 45.8 Å². The third-order valence-electron chi connectivity index (χ3n) is 1.23. The van der Waals surface area contributed by atoms with Crippen LogP contribution in [0.3, 0.4) is 0 Å². The van der Waals surface area contributed by atoms with Crippen LogP contribution in [0.15, 0.2) is 17.1 Å². The normalized spacial score (nSPS) is 10.4. The Morgan fingerprint density at radius 2 is 2.15 bits per heavy atom. The summed E-state index contributed by atoms with van der Waals surface area (Å²) >= 11 is 0. The fourth-order valence-electron chi connectivity index (χ4n) is 0.680. The molecule has 1 N–H and O–H groups in total. The molecule has 0 saturated heterocycles. The minimum Gasteiger partial charge on any atom is -0.300 e. The lowest BCUT2D eigenvalue weighted by atomic mass is 10.6. The van der Waals surface area contributed by atoms with Gasteiger partial charge in [0.2, 0.25) is 0 Å². The number of H-pyrrole nitrogens is 1. The van der Waals surface area contributed by atoms with E-state index in [1.807, 2.05) is 0 Å². The molecule has 0 fully saturated rings. The lowest BCUT2D eigenvalue weighted by Gasteiger charge is -2.02. The molecule has 0 atom stereocenters. The highest BCUT2D eigenvalue weighted by atomic mass is 28.3. The number of hydrogen-bond donors (Lipinski definition) is 1. The molecule has 1 aromatic rings. The third-order valence-corrected chi connectivity index (χ3v) is 2.10. The van der Waals surface area contributed by atoms with E-state index in [-0.39, 0.29) is 5.56 Å². The van der Waals surface area contributed by atoms with Crippen molar-refractivity contribution in [1.82, 2.24) is 9.97 Å². The maximum Gasteiger partial charge on any atom is 0.251 e. The zero-order valence-corrected chi connectivity index (χ0v) is 9.01. The molecule has 1 heterocycles.